The Labute approximate surface area is 148 Å². The number of carbonyl (C=O) groups is 2. The first-order valence-electron chi connectivity index (χ1n) is 7.72. The maximum Gasteiger partial charge on any atom is 0.363 e. The topological polar surface area (TPSA) is 85.0 Å². The lowest BCUT2D eigenvalue weighted by molar-refractivity contribution is -0.130. The molecule has 25 heavy (non-hydrogen) atoms. The second kappa shape index (κ2) is 6.64. The van der Waals surface area contributed by atoms with Crippen molar-refractivity contribution >= 4 is 40.3 Å². The van der Waals surface area contributed by atoms with Crippen molar-refractivity contribution in [2.75, 3.05) is 11.4 Å². The van der Waals surface area contributed by atoms with E-state index in [0.717, 1.165) is 5.76 Å². The molecule has 0 unspecified atom stereocenters. The third kappa shape index (κ3) is 3.39. The lowest BCUT2D eigenvalue weighted by Gasteiger charge is -2.14. The summed E-state index contributed by atoms with van der Waals surface area (Å²) in [5.74, 6) is 0.960. The van der Waals surface area contributed by atoms with Crippen LogP contribution in [-0.2, 0) is 14.3 Å². The Kier molecular flexibility index (Phi) is 4.54. The number of aliphatic imine (C=N–C) groups is 1. The van der Waals surface area contributed by atoms with Gasteiger partial charge in [0.25, 0.3) is 0 Å². The third-order valence-electron chi connectivity index (χ3n) is 3.61. The minimum Gasteiger partial charge on any atom is -0.466 e. The molecule has 1 amide bonds. The predicted molar refractivity (Wildman–Crippen MR) is 94.6 cm³/mol. The Morgan fingerprint density at radius 2 is 2.16 bits per heavy atom. The van der Waals surface area contributed by atoms with Crippen molar-refractivity contribution in [2.45, 2.75) is 27.7 Å². The Morgan fingerprint density at radius 1 is 1.40 bits per heavy atom. The van der Waals surface area contributed by atoms with Crippen molar-refractivity contribution in [3.63, 3.8) is 0 Å². The summed E-state index contributed by atoms with van der Waals surface area (Å²) in [6.07, 6.45) is 1.55. The maximum absolute atomic E-state index is 12.1. The molecular formula is C17H17N3O4S. The minimum atomic E-state index is -0.540. The van der Waals surface area contributed by atoms with Gasteiger partial charge in [-0.05, 0) is 32.9 Å². The van der Waals surface area contributed by atoms with Crippen molar-refractivity contribution in [3.05, 3.63) is 39.9 Å². The van der Waals surface area contributed by atoms with Crippen LogP contribution < -0.4 is 4.90 Å². The van der Waals surface area contributed by atoms with E-state index in [2.05, 4.69) is 9.98 Å². The first-order chi connectivity index (χ1) is 11.9. The molecule has 0 spiro atoms. The van der Waals surface area contributed by atoms with Gasteiger partial charge in [-0.25, -0.2) is 14.8 Å². The average Bonchev–Trinajstić information content (AvgIpc) is 3.21. The van der Waals surface area contributed by atoms with Crippen LogP contribution in [0.4, 0.5) is 5.13 Å². The molecule has 2 aromatic heterocycles. The van der Waals surface area contributed by atoms with Crippen LogP contribution in [0.5, 0.6) is 0 Å². The SMILES string of the molecule is CCN(C(C)=O)c1nc(/C=C2\N=C(c3cc(C)oc3C)OC2=O)cs1. The second-order valence-corrected chi connectivity index (χ2v) is 6.32. The highest BCUT2D eigenvalue weighted by molar-refractivity contribution is 7.14. The molecule has 0 saturated heterocycles. The number of aryl methyl sites for hydroxylation is 2. The fraction of sp³-hybridized carbons (Fsp3) is 0.294. The van der Waals surface area contributed by atoms with E-state index in [9.17, 15) is 9.59 Å². The summed E-state index contributed by atoms with van der Waals surface area (Å²) in [5, 5.41) is 2.35. The van der Waals surface area contributed by atoms with Gasteiger partial charge >= 0.3 is 5.97 Å². The van der Waals surface area contributed by atoms with Crippen molar-refractivity contribution < 1.29 is 18.7 Å². The van der Waals surface area contributed by atoms with Crippen LogP contribution in [0, 0.1) is 13.8 Å². The third-order valence-corrected chi connectivity index (χ3v) is 4.50. The van der Waals surface area contributed by atoms with Crippen LogP contribution in [-0.4, -0.2) is 29.3 Å². The number of nitrogens with zero attached hydrogens (tertiary/aromatic N) is 3. The molecule has 3 heterocycles. The molecule has 0 radical (unpaired) electrons. The van der Waals surface area contributed by atoms with Crippen LogP contribution in [0.3, 0.4) is 0 Å². The maximum atomic E-state index is 12.1. The summed E-state index contributed by atoms with van der Waals surface area (Å²) in [6.45, 7) is 7.50. The lowest BCUT2D eigenvalue weighted by atomic mass is 10.2. The number of hydrogen-bond acceptors (Lipinski definition) is 7. The highest BCUT2D eigenvalue weighted by Crippen LogP contribution is 2.25. The Bertz CT molecular complexity index is 907. The summed E-state index contributed by atoms with van der Waals surface area (Å²) in [7, 11) is 0. The van der Waals surface area contributed by atoms with Gasteiger partial charge < -0.3 is 9.15 Å². The van der Waals surface area contributed by atoms with Gasteiger partial charge in [-0.2, -0.15) is 0 Å². The van der Waals surface area contributed by atoms with E-state index in [0.29, 0.717) is 28.7 Å². The van der Waals surface area contributed by atoms with Crippen LogP contribution in [0.25, 0.3) is 6.08 Å². The number of anilines is 1. The molecule has 0 fully saturated rings. The second-order valence-electron chi connectivity index (χ2n) is 5.48. The van der Waals surface area contributed by atoms with Crippen LogP contribution in [0.15, 0.2) is 26.6 Å². The molecule has 0 aliphatic carbocycles. The van der Waals surface area contributed by atoms with E-state index in [1.165, 1.54) is 18.3 Å². The van der Waals surface area contributed by atoms with E-state index >= 15 is 0 Å². The number of thiazole rings is 1. The minimum absolute atomic E-state index is 0.0811. The van der Waals surface area contributed by atoms with E-state index < -0.39 is 5.97 Å². The molecule has 0 bridgehead atoms. The van der Waals surface area contributed by atoms with E-state index in [-0.39, 0.29) is 17.5 Å². The Morgan fingerprint density at radius 3 is 2.76 bits per heavy atom. The first kappa shape index (κ1) is 17.1. The quantitative estimate of drug-likeness (QED) is 0.619. The predicted octanol–water partition coefficient (Wildman–Crippen LogP) is 3.07. The van der Waals surface area contributed by atoms with Gasteiger partial charge in [0.05, 0.1) is 11.3 Å². The number of esters is 1. The Hall–Kier alpha value is -2.74. The van der Waals surface area contributed by atoms with Gasteiger partial charge in [0.15, 0.2) is 10.8 Å². The molecule has 130 valence electrons. The standard InChI is InChI=1S/C17H17N3O4S/c1-5-20(11(4)21)17-18-12(8-25-17)7-14-16(22)24-15(19-14)13-6-9(2)23-10(13)3/h6-8H,5H2,1-4H3/b14-7-. The number of carbonyl (C=O) groups excluding carboxylic acids is 2. The van der Waals surface area contributed by atoms with Crippen LogP contribution in [0.1, 0.15) is 36.6 Å². The number of aromatic nitrogens is 1. The number of ether oxygens (including phenoxy) is 1. The van der Waals surface area contributed by atoms with Gasteiger partial charge in [0.1, 0.15) is 11.5 Å². The van der Waals surface area contributed by atoms with E-state index in [4.69, 9.17) is 9.15 Å². The highest BCUT2D eigenvalue weighted by Gasteiger charge is 2.27. The number of rotatable bonds is 4. The molecular weight excluding hydrogens is 342 g/mol. The van der Waals surface area contributed by atoms with Gasteiger partial charge in [0.2, 0.25) is 11.8 Å². The van der Waals surface area contributed by atoms with Gasteiger partial charge in [0, 0.05) is 18.8 Å². The fourth-order valence-electron chi connectivity index (χ4n) is 2.47. The van der Waals surface area contributed by atoms with Crippen molar-refractivity contribution in [1.29, 1.82) is 0 Å². The zero-order chi connectivity index (χ0) is 18.1. The molecule has 3 rings (SSSR count). The molecule has 1 aliphatic heterocycles. The van der Waals surface area contributed by atoms with Crippen molar-refractivity contribution in [2.24, 2.45) is 4.99 Å². The van der Waals surface area contributed by atoms with Gasteiger partial charge in [-0.15, -0.1) is 11.3 Å². The zero-order valence-electron chi connectivity index (χ0n) is 14.3. The van der Waals surface area contributed by atoms with Gasteiger partial charge in [-0.3, -0.25) is 9.69 Å². The molecule has 2 aromatic rings. The molecule has 8 heteroatoms. The van der Waals surface area contributed by atoms with Gasteiger partial charge in [-0.1, -0.05) is 0 Å². The molecule has 1 aliphatic rings. The molecule has 0 atom stereocenters. The Balaban J connectivity index is 1.89. The zero-order valence-corrected chi connectivity index (χ0v) is 15.1. The summed E-state index contributed by atoms with van der Waals surface area (Å²) in [4.78, 5) is 33.8. The smallest absolute Gasteiger partial charge is 0.363 e. The van der Waals surface area contributed by atoms with Crippen molar-refractivity contribution in [1.82, 2.24) is 4.98 Å². The average molecular weight is 359 g/mol. The van der Waals surface area contributed by atoms with E-state index in [1.807, 2.05) is 13.8 Å². The summed E-state index contributed by atoms with van der Waals surface area (Å²) in [5.41, 5.74) is 1.37. The fourth-order valence-corrected chi connectivity index (χ4v) is 3.36. The van der Waals surface area contributed by atoms with Crippen LogP contribution >= 0.6 is 11.3 Å². The highest BCUT2D eigenvalue weighted by atomic mass is 32.1. The van der Waals surface area contributed by atoms with Crippen LogP contribution in [0.2, 0.25) is 0 Å². The number of furan rings is 1. The lowest BCUT2D eigenvalue weighted by Crippen LogP contribution is -2.27. The van der Waals surface area contributed by atoms with Crippen molar-refractivity contribution in [3.8, 4) is 0 Å². The number of amides is 1. The summed E-state index contributed by atoms with van der Waals surface area (Å²) < 4.78 is 10.7. The monoisotopic (exact) mass is 359 g/mol. The van der Waals surface area contributed by atoms with E-state index in [1.54, 1.807) is 29.3 Å². The summed E-state index contributed by atoms with van der Waals surface area (Å²) in [6, 6.07) is 1.78. The number of hydrogen-bond donors (Lipinski definition) is 0. The number of cyclic esters (lactones) is 1. The molecule has 7 nitrogen and oxygen atoms in total. The first-order valence-corrected chi connectivity index (χ1v) is 8.60. The largest absolute Gasteiger partial charge is 0.466 e. The molecule has 0 aromatic carbocycles. The summed E-state index contributed by atoms with van der Waals surface area (Å²) >= 11 is 1.33. The molecule has 0 saturated carbocycles. The normalized spacial score (nSPS) is 15.4. The molecule has 0 N–H and O–H groups in total.